The second kappa shape index (κ2) is 8.46. The van der Waals surface area contributed by atoms with E-state index in [1.54, 1.807) is 4.90 Å². The van der Waals surface area contributed by atoms with Gasteiger partial charge >= 0.3 is 6.09 Å². The minimum absolute atomic E-state index is 0.220. The molecule has 2 aliphatic rings. The summed E-state index contributed by atoms with van der Waals surface area (Å²) in [4.78, 5) is 16.4. The number of rotatable bonds is 6. The van der Waals surface area contributed by atoms with Crippen molar-refractivity contribution >= 4 is 6.09 Å². The van der Waals surface area contributed by atoms with E-state index in [2.05, 4.69) is 10.2 Å². The largest absolute Gasteiger partial charge is 0.445 e. The van der Waals surface area contributed by atoms with Gasteiger partial charge in [-0.25, -0.2) is 4.79 Å². The third kappa shape index (κ3) is 4.26. The molecule has 0 bridgehead atoms. The number of ether oxygens (including phenoxy) is 1. The Balaban J connectivity index is 1.39. The van der Waals surface area contributed by atoms with E-state index in [0.29, 0.717) is 18.7 Å². The minimum atomic E-state index is -0.220. The van der Waals surface area contributed by atoms with Crippen LogP contribution in [-0.4, -0.2) is 72.4 Å². The fraction of sp³-hybridized carbons (Fsp3) is 0.611. The van der Waals surface area contributed by atoms with Crippen molar-refractivity contribution in [2.24, 2.45) is 0 Å². The number of hydrogen-bond donors (Lipinski definition) is 2. The molecule has 0 saturated carbocycles. The van der Waals surface area contributed by atoms with Gasteiger partial charge in [0.15, 0.2) is 0 Å². The normalized spacial score (nSPS) is 24.5. The molecule has 2 fully saturated rings. The molecule has 6 heteroatoms. The van der Waals surface area contributed by atoms with Crippen molar-refractivity contribution in [1.82, 2.24) is 15.1 Å². The highest BCUT2D eigenvalue weighted by molar-refractivity contribution is 5.67. The van der Waals surface area contributed by atoms with Gasteiger partial charge in [-0.2, -0.15) is 0 Å². The lowest BCUT2D eigenvalue weighted by molar-refractivity contribution is 0.0303. The summed E-state index contributed by atoms with van der Waals surface area (Å²) in [5.74, 6) is 0. The number of hydrogen-bond acceptors (Lipinski definition) is 5. The first-order valence-electron chi connectivity index (χ1n) is 8.82. The van der Waals surface area contributed by atoms with Gasteiger partial charge < -0.3 is 20.1 Å². The topological polar surface area (TPSA) is 65.0 Å². The predicted octanol–water partition coefficient (Wildman–Crippen LogP) is 1.05. The van der Waals surface area contributed by atoms with Crippen LogP contribution in [0.15, 0.2) is 30.3 Å². The maximum atomic E-state index is 12.2. The molecule has 24 heavy (non-hydrogen) atoms. The molecule has 0 aromatic heterocycles. The summed E-state index contributed by atoms with van der Waals surface area (Å²) in [6.45, 7) is 4.81. The average Bonchev–Trinajstić information content (AvgIpc) is 2.60. The molecule has 0 unspecified atom stereocenters. The van der Waals surface area contributed by atoms with E-state index in [4.69, 9.17) is 9.84 Å². The number of nitrogens with one attached hydrogen (secondary N) is 1. The first-order valence-corrected chi connectivity index (χ1v) is 8.82. The summed E-state index contributed by atoms with van der Waals surface area (Å²) >= 11 is 0. The monoisotopic (exact) mass is 333 g/mol. The van der Waals surface area contributed by atoms with Crippen LogP contribution in [0.25, 0.3) is 0 Å². The summed E-state index contributed by atoms with van der Waals surface area (Å²) in [6, 6.07) is 10.8. The SMILES string of the molecule is O=C(OCc1ccccc1)N1CCN([C@@H]2CN[C@H]2CCCO)CC1. The van der Waals surface area contributed by atoms with E-state index in [-0.39, 0.29) is 12.7 Å². The summed E-state index contributed by atoms with van der Waals surface area (Å²) in [7, 11) is 0. The van der Waals surface area contributed by atoms with Crippen LogP contribution in [0.5, 0.6) is 0 Å². The first kappa shape index (κ1) is 17.2. The van der Waals surface area contributed by atoms with Gasteiger partial charge in [-0.1, -0.05) is 30.3 Å². The van der Waals surface area contributed by atoms with E-state index < -0.39 is 0 Å². The van der Waals surface area contributed by atoms with Crippen LogP contribution in [0.3, 0.4) is 0 Å². The molecule has 2 N–H and O–H groups in total. The third-order valence-electron chi connectivity index (χ3n) is 4.97. The summed E-state index contributed by atoms with van der Waals surface area (Å²) in [6.07, 6.45) is 1.64. The maximum Gasteiger partial charge on any atom is 0.410 e. The van der Waals surface area contributed by atoms with Crippen molar-refractivity contribution in [2.45, 2.75) is 31.5 Å². The Hall–Kier alpha value is -1.63. The van der Waals surface area contributed by atoms with Crippen molar-refractivity contribution in [1.29, 1.82) is 0 Å². The summed E-state index contributed by atoms with van der Waals surface area (Å²) in [5.41, 5.74) is 1.01. The molecule has 1 aromatic carbocycles. The average molecular weight is 333 g/mol. The van der Waals surface area contributed by atoms with Crippen molar-refractivity contribution in [2.75, 3.05) is 39.3 Å². The van der Waals surface area contributed by atoms with E-state index in [9.17, 15) is 4.79 Å². The van der Waals surface area contributed by atoms with Crippen molar-refractivity contribution in [3.8, 4) is 0 Å². The molecule has 2 aliphatic heterocycles. The highest BCUT2D eigenvalue weighted by atomic mass is 16.6. The van der Waals surface area contributed by atoms with Gasteiger partial charge in [-0.3, -0.25) is 4.90 Å². The number of carbonyl (C=O) groups excluding carboxylic acids is 1. The number of amides is 1. The highest BCUT2D eigenvalue weighted by Gasteiger charge is 2.36. The molecule has 6 nitrogen and oxygen atoms in total. The number of nitrogens with zero attached hydrogens (tertiary/aromatic N) is 2. The molecule has 3 rings (SSSR count). The zero-order valence-corrected chi connectivity index (χ0v) is 14.1. The standard InChI is InChI=1S/C18H27N3O3/c22-12-4-7-16-17(13-19-16)20-8-10-21(11-9-20)18(23)24-14-15-5-2-1-3-6-15/h1-3,5-6,16-17,19,22H,4,7-14H2/t16-,17+/m0/s1. The molecule has 1 aromatic rings. The van der Waals surface area contributed by atoms with Gasteiger partial charge in [0, 0.05) is 51.4 Å². The van der Waals surface area contributed by atoms with Crippen molar-refractivity contribution in [3.05, 3.63) is 35.9 Å². The highest BCUT2D eigenvalue weighted by Crippen LogP contribution is 2.19. The molecule has 1 amide bonds. The van der Waals surface area contributed by atoms with Crippen LogP contribution >= 0.6 is 0 Å². The number of aliphatic hydroxyl groups excluding tert-OH is 1. The number of carbonyl (C=O) groups is 1. The van der Waals surface area contributed by atoms with Crippen LogP contribution in [-0.2, 0) is 11.3 Å². The second-order valence-electron chi connectivity index (χ2n) is 6.51. The van der Waals surface area contributed by atoms with Crippen molar-refractivity contribution in [3.63, 3.8) is 0 Å². The summed E-state index contributed by atoms with van der Waals surface area (Å²) < 4.78 is 5.41. The van der Waals surface area contributed by atoms with Gasteiger partial charge in [-0.15, -0.1) is 0 Å². The zero-order chi connectivity index (χ0) is 16.8. The molecule has 0 aliphatic carbocycles. The van der Waals surface area contributed by atoms with Gasteiger partial charge in [0.05, 0.1) is 0 Å². The quantitative estimate of drug-likeness (QED) is 0.815. The number of piperazine rings is 1. The van der Waals surface area contributed by atoms with Gasteiger partial charge in [-0.05, 0) is 18.4 Å². The maximum absolute atomic E-state index is 12.2. The molecule has 0 spiro atoms. The molecule has 0 radical (unpaired) electrons. The molecular weight excluding hydrogens is 306 g/mol. The predicted molar refractivity (Wildman–Crippen MR) is 91.7 cm³/mol. The first-order chi connectivity index (χ1) is 11.8. The molecule has 2 atom stereocenters. The van der Waals surface area contributed by atoms with E-state index in [1.807, 2.05) is 30.3 Å². The lowest BCUT2D eigenvalue weighted by Gasteiger charge is -2.48. The van der Waals surface area contributed by atoms with Gasteiger partial charge in [0.25, 0.3) is 0 Å². The second-order valence-corrected chi connectivity index (χ2v) is 6.51. The lowest BCUT2D eigenvalue weighted by Crippen LogP contribution is -2.67. The fourth-order valence-electron chi connectivity index (χ4n) is 3.43. The van der Waals surface area contributed by atoms with Crippen LogP contribution in [0.4, 0.5) is 4.79 Å². The van der Waals surface area contributed by atoms with E-state index >= 15 is 0 Å². The Morgan fingerprint density at radius 3 is 2.58 bits per heavy atom. The van der Waals surface area contributed by atoms with Crippen LogP contribution in [0, 0.1) is 0 Å². The van der Waals surface area contributed by atoms with Gasteiger partial charge in [0.2, 0.25) is 0 Å². The summed E-state index contributed by atoms with van der Waals surface area (Å²) in [5, 5.41) is 12.4. The minimum Gasteiger partial charge on any atom is -0.445 e. The Kier molecular flexibility index (Phi) is 6.07. The Morgan fingerprint density at radius 1 is 1.21 bits per heavy atom. The fourth-order valence-corrected chi connectivity index (χ4v) is 3.43. The zero-order valence-electron chi connectivity index (χ0n) is 14.1. The molecule has 2 saturated heterocycles. The Morgan fingerprint density at radius 2 is 1.96 bits per heavy atom. The van der Waals surface area contributed by atoms with Crippen LogP contribution in [0.1, 0.15) is 18.4 Å². The van der Waals surface area contributed by atoms with E-state index in [0.717, 1.165) is 51.1 Å². The smallest absolute Gasteiger partial charge is 0.410 e. The number of aliphatic hydroxyl groups is 1. The molecular formula is C18H27N3O3. The van der Waals surface area contributed by atoms with E-state index in [1.165, 1.54) is 0 Å². The molecule has 2 heterocycles. The lowest BCUT2D eigenvalue weighted by atomic mass is 9.93. The van der Waals surface area contributed by atoms with Gasteiger partial charge in [0.1, 0.15) is 6.61 Å². The molecule has 132 valence electrons. The van der Waals surface area contributed by atoms with Crippen LogP contribution < -0.4 is 5.32 Å². The Labute approximate surface area is 143 Å². The van der Waals surface area contributed by atoms with Crippen molar-refractivity contribution < 1.29 is 14.6 Å². The van der Waals surface area contributed by atoms with Crippen LogP contribution in [0.2, 0.25) is 0 Å². The third-order valence-corrected chi connectivity index (χ3v) is 4.97. The number of benzene rings is 1. The Bertz CT molecular complexity index is 518.